The first-order valence-electron chi connectivity index (χ1n) is 5.12. The zero-order valence-electron chi connectivity index (χ0n) is 7.96. The lowest BCUT2D eigenvalue weighted by atomic mass is 9.73. The molecule has 1 saturated carbocycles. The van der Waals surface area contributed by atoms with Gasteiger partial charge in [0.25, 0.3) is 0 Å². The molecule has 1 heteroatoms. The third-order valence-corrected chi connectivity index (χ3v) is 3.30. The number of rotatable bonds is 1. The van der Waals surface area contributed by atoms with Crippen molar-refractivity contribution in [3.8, 4) is 0 Å². The summed E-state index contributed by atoms with van der Waals surface area (Å²) < 4.78 is 0. The molecule has 2 unspecified atom stereocenters. The van der Waals surface area contributed by atoms with Gasteiger partial charge in [-0.25, -0.2) is 0 Å². The summed E-state index contributed by atoms with van der Waals surface area (Å²) in [5.74, 6) is 1.77. The van der Waals surface area contributed by atoms with E-state index in [0.717, 1.165) is 25.7 Å². The van der Waals surface area contributed by atoms with E-state index in [1.54, 1.807) is 0 Å². The van der Waals surface area contributed by atoms with Crippen LogP contribution in [0.2, 0.25) is 0 Å². The van der Waals surface area contributed by atoms with Crippen molar-refractivity contribution in [3.63, 3.8) is 0 Å². The van der Waals surface area contributed by atoms with Crippen molar-refractivity contribution in [3.05, 3.63) is 24.3 Å². The van der Waals surface area contributed by atoms with E-state index < -0.39 is 0 Å². The molecular formula is C12H16O. The van der Waals surface area contributed by atoms with Crippen LogP contribution in [0.1, 0.15) is 32.1 Å². The Kier molecular flexibility index (Phi) is 2.34. The van der Waals surface area contributed by atoms with Crippen molar-refractivity contribution >= 4 is 5.78 Å². The maximum absolute atomic E-state index is 11.2. The maximum Gasteiger partial charge on any atom is 0.136 e. The molecule has 2 rings (SSSR count). The van der Waals surface area contributed by atoms with E-state index in [9.17, 15) is 4.79 Å². The van der Waals surface area contributed by atoms with Crippen molar-refractivity contribution in [2.24, 2.45) is 11.8 Å². The predicted octanol–water partition coefficient (Wildman–Crippen LogP) is 2.88. The highest BCUT2D eigenvalue weighted by Gasteiger charge is 2.27. The zero-order valence-corrected chi connectivity index (χ0v) is 7.96. The highest BCUT2D eigenvalue weighted by molar-refractivity contribution is 5.82. The number of hydrogen-bond donors (Lipinski definition) is 0. The third kappa shape index (κ3) is 1.74. The summed E-state index contributed by atoms with van der Waals surface area (Å²) in [6.45, 7) is 3.84. The summed E-state index contributed by atoms with van der Waals surface area (Å²) >= 11 is 0. The number of carbonyl (C=O) groups is 1. The summed E-state index contributed by atoms with van der Waals surface area (Å²) in [7, 11) is 0. The molecule has 0 bridgehead atoms. The number of fused-ring (bicyclic) bond motifs is 1. The summed E-state index contributed by atoms with van der Waals surface area (Å²) in [6, 6.07) is 0. The lowest BCUT2D eigenvalue weighted by molar-refractivity contribution is -0.119. The fourth-order valence-corrected chi connectivity index (χ4v) is 2.45. The second kappa shape index (κ2) is 3.49. The molecule has 0 spiro atoms. The van der Waals surface area contributed by atoms with Gasteiger partial charge in [0.1, 0.15) is 5.78 Å². The Morgan fingerprint density at radius 1 is 1.54 bits per heavy atom. The number of allylic oxidation sites excluding steroid dienone is 3. The Labute approximate surface area is 79.5 Å². The van der Waals surface area contributed by atoms with E-state index in [4.69, 9.17) is 0 Å². The number of hydrogen-bond acceptors (Lipinski definition) is 1. The highest BCUT2D eigenvalue weighted by atomic mass is 16.1. The number of ketones is 1. The van der Waals surface area contributed by atoms with Crippen molar-refractivity contribution in [2.45, 2.75) is 32.1 Å². The third-order valence-electron chi connectivity index (χ3n) is 3.30. The molecule has 0 aromatic heterocycles. The van der Waals surface area contributed by atoms with E-state index in [1.807, 2.05) is 0 Å². The minimum absolute atomic E-state index is 0.430. The molecule has 0 radical (unpaired) electrons. The molecule has 2 atom stereocenters. The summed E-state index contributed by atoms with van der Waals surface area (Å²) in [5, 5.41) is 0. The van der Waals surface area contributed by atoms with E-state index >= 15 is 0 Å². The fraction of sp³-hybridized carbons (Fsp3) is 0.583. The minimum atomic E-state index is 0.430. The van der Waals surface area contributed by atoms with Crippen LogP contribution in [0, 0.1) is 11.8 Å². The van der Waals surface area contributed by atoms with Gasteiger partial charge in [0.2, 0.25) is 0 Å². The van der Waals surface area contributed by atoms with E-state index in [1.165, 1.54) is 12.0 Å². The summed E-state index contributed by atoms with van der Waals surface area (Å²) in [5.41, 5.74) is 1.41. The first kappa shape index (κ1) is 8.74. The molecule has 2 aliphatic rings. The SMILES string of the molecule is C=CC1CC=C2CC(=O)CCC2C1. The van der Waals surface area contributed by atoms with E-state index in [0.29, 0.717) is 17.6 Å². The molecule has 0 aliphatic heterocycles. The van der Waals surface area contributed by atoms with Gasteiger partial charge in [-0.05, 0) is 31.1 Å². The molecule has 0 saturated heterocycles. The Bertz CT molecular complexity index is 262. The Morgan fingerprint density at radius 2 is 2.38 bits per heavy atom. The Morgan fingerprint density at radius 3 is 3.15 bits per heavy atom. The Hall–Kier alpha value is -0.850. The van der Waals surface area contributed by atoms with Crippen LogP contribution in [-0.4, -0.2) is 5.78 Å². The van der Waals surface area contributed by atoms with Crippen molar-refractivity contribution in [1.29, 1.82) is 0 Å². The van der Waals surface area contributed by atoms with Gasteiger partial charge in [-0.1, -0.05) is 17.7 Å². The van der Waals surface area contributed by atoms with Gasteiger partial charge in [-0.15, -0.1) is 6.58 Å². The molecule has 0 aromatic rings. The summed E-state index contributed by atoms with van der Waals surface area (Å²) in [4.78, 5) is 11.2. The molecule has 1 fully saturated rings. The first-order valence-corrected chi connectivity index (χ1v) is 5.12. The van der Waals surface area contributed by atoms with Crippen LogP contribution in [0.3, 0.4) is 0 Å². The summed E-state index contributed by atoms with van der Waals surface area (Å²) in [6.07, 6.45) is 9.27. The topological polar surface area (TPSA) is 17.1 Å². The van der Waals surface area contributed by atoms with Crippen LogP contribution in [0.4, 0.5) is 0 Å². The fourth-order valence-electron chi connectivity index (χ4n) is 2.45. The number of Topliss-reactive ketones (excluding diaryl/α,β-unsaturated/α-hetero) is 1. The highest BCUT2D eigenvalue weighted by Crippen LogP contribution is 2.37. The monoisotopic (exact) mass is 176 g/mol. The molecule has 1 nitrogen and oxygen atoms in total. The van der Waals surface area contributed by atoms with E-state index in [-0.39, 0.29) is 0 Å². The lowest BCUT2D eigenvalue weighted by Crippen LogP contribution is -2.22. The molecular weight excluding hydrogens is 160 g/mol. The van der Waals surface area contributed by atoms with Crippen LogP contribution in [0.15, 0.2) is 24.3 Å². The quantitative estimate of drug-likeness (QED) is 0.561. The second-order valence-electron chi connectivity index (χ2n) is 4.20. The molecule has 0 N–H and O–H groups in total. The molecule has 70 valence electrons. The minimum Gasteiger partial charge on any atom is -0.299 e. The molecule has 0 amide bonds. The average Bonchev–Trinajstić information content (AvgIpc) is 2.17. The number of carbonyl (C=O) groups excluding carboxylic acids is 1. The Balaban J connectivity index is 2.10. The van der Waals surface area contributed by atoms with Crippen molar-refractivity contribution < 1.29 is 4.79 Å². The van der Waals surface area contributed by atoms with Crippen LogP contribution in [0.5, 0.6) is 0 Å². The zero-order chi connectivity index (χ0) is 9.26. The van der Waals surface area contributed by atoms with Crippen molar-refractivity contribution in [2.75, 3.05) is 0 Å². The van der Waals surface area contributed by atoms with Crippen LogP contribution in [-0.2, 0) is 4.79 Å². The maximum atomic E-state index is 11.2. The van der Waals surface area contributed by atoms with Crippen LogP contribution >= 0.6 is 0 Å². The van der Waals surface area contributed by atoms with E-state index in [2.05, 4.69) is 18.7 Å². The van der Waals surface area contributed by atoms with Gasteiger partial charge in [0.05, 0.1) is 0 Å². The average molecular weight is 176 g/mol. The van der Waals surface area contributed by atoms with Crippen molar-refractivity contribution in [1.82, 2.24) is 0 Å². The normalized spacial score (nSPS) is 33.5. The smallest absolute Gasteiger partial charge is 0.136 e. The molecule has 2 aliphatic carbocycles. The predicted molar refractivity (Wildman–Crippen MR) is 53.4 cm³/mol. The molecule has 0 heterocycles. The second-order valence-corrected chi connectivity index (χ2v) is 4.20. The van der Waals surface area contributed by atoms with Gasteiger partial charge < -0.3 is 0 Å². The molecule has 13 heavy (non-hydrogen) atoms. The van der Waals surface area contributed by atoms with Gasteiger partial charge in [0.15, 0.2) is 0 Å². The largest absolute Gasteiger partial charge is 0.299 e. The first-order chi connectivity index (χ1) is 6.29. The van der Waals surface area contributed by atoms with Crippen LogP contribution < -0.4 is 0 Å². The molecule has 0 aromatic carbocycles. The van der Waals surface area contributed by atoms with Gasteiger partial charge in [-0.2, -0.15) is 0 Å². The van der Waals surface area contributed by atoms with Crippen LogP contribution in [0.25, 0.3) is 0 Å². The standard InChI is InChI=1S/C12H16O/c1-2-9-3-4-11-8-12(13)6-5-10(11)7-9/h2,4,9-10H,1,3,5-8H2. The lowest BCUT2D eigenvalue weighted by Gasteiger charge is -2.31. The van der Waals surface area contributed by atoms with Gasteiger partial charge >= 0.3 is 0 Å². The van der Waals surface area contributed by atoms with Gasteiger partial charge in [0, 0.05) is 12.8 Å². The van der Waals surface area contributed by atoms with Gasteiger partial charge in [-0.3, -0.25) is 4.79 Å².